The van der Waals surface area contributed by atoms with Crippen LogP contribution in [0.3, 0.4) is 0 Å². The molecule has 2 amide bonds. The molecular formula is C27H36FN3O2. The summed E-state index contributed by atoms with van der Waals surface area (Å²) in [6.07, 6.45) is 7.53. The number of aryl methyl sites for hydroxylation is 2. The van der Waals surface area contributed by atoms with Crippen LogP contribution in [0, 0.1) is 32.5 Å². The number of hydrogen-bond acceptors (Lipinski definition) is 2. The van der Waals surface area contributed by atoms with Gasteiger partial charge in [0.2, 0.25) is 5.91 Å². The number of rotatable bonds is 5. The molecule has 1 aromatic heterocycles. The van der Waals surface area contributed by atoms with E-state index in [2.05, 4.69) is 23.7 Å². The van der Waals surface area contributed by atoms with E-state index in [4.69, 9.17) is 0 Å². The Morgan fingerprint density at radius 1 is 1.00 bits per heavy atom. The SMILES string of the molecule is Cc1ccc(CNC(=O)C2CCN(C(=O)c3cc(C)n(C4CCCCC4)c3C)CC2)cc1F. The maximum atomic E-state index is 13.7. The van der Waals surface area contributed by atoms with Gasteiger partial charge in [0.1, 0.15) is 5.82 Å². The van der Waals surface area contributed by atoms with Gasteiger partial charge in [-0.15, -0.1) is 0 Å². The summed E-state index contributed by atoms with van der Waals surface area (Å²) in [7, 11) is 0. The smallest absolute Gasteiger partial charge is 0.255 e. The van der Waals surface area contributed by atoms with Gasteiger partial charge in [0.05, 0.1) is 5.56 Å². The zero-order valence-corrected chi connectivity index (χ0v) is 20.1. The number of hydrogen-bond donors (Lipinski definition) is 1. The van der Waals surface area contributed by atoms with Crippen LogP contribution in [0.15, 0.2) is 24.3 Å². The molecule has 1 aliphatic carbocycles. The van der Waals surface area contributed by atoms with Crippen molar-refractivity contribution >= 4 is 11.8 Å². The van der Waals surface area contributed by atoms with Gasteiger partial charge in [0.15, 0.2) is 0 Å². The van der Waals surface area contributed by atoms with E-state index in [9.17, 15) is 14.0 Å². The Balaban J connectivity index is 1.32. The third-order valence-electron chi connectivity index (χ3n) is 7.51. The summed E-state index contributed by atoms with van der Waals surface area (Å²) < 4.78 is 16.1. The fraction of sp³-hybridized carbons (Fsp3) is 0.556. The molecule has 2 aliphatic rings. The lowest BCUT2D eigenvalue weighted by Crippen LogP contribution is -2.43. The molecule has 33 heavy (non-hydrogen) atoms. The molecule has 0 bridgehead atoms. The highest BCUT2D eigenvalue weighted by atomic mass is 19.1. The molecule has 6 heteroatoms. The average molecular weight is 454 g/mol. The first-order valence-corrected chi connectivity index (χ1v) is 12.4. The normalized spacial score (nSPS) is 17.9. The predicted molar refractivity (Wildman–Crippen MR) is 128 cm³/mol. The summed E-state index contributed by atoms with van der Waals surface area (Å²) in [5.41, 5.74) is 4.41. The van der Waals surface area contributed by atoms with E-state index >= 15 is 0 Å². The standard InChI is InChI=1S/C27H36FN3O2/c1-18-9-10-21(16-25(18)28)17-29-26(32)22-11-13-30(14-12-22)27(33)24-15-19(2)31(20(24)3)23-7-5-4-6-8-23/h9-10,15-16,22-23H,4-8,11-14,17H2,1-3H3,(H,29,32). The Hall–Kier alpha value is -2.63. The van der Waals surface area contributed by atoms with Crippen LogP contribution in [0.5, 0.6) is 0 Å². The zero-order valence-electron chi connectivity index (χ0n) is 20.1. The molecule has 1 saturated heterocycles. The molecule has 0 unspecified atom stereocenters. The van der Waals surface area contributed by atoms with E-state index in [-0.39, 0.29) is 23.5 Å². The topological polar surface area (TPSA) is 54.3 Å². The second-order valence-electron chi connectivity index (χ2n) is 9.81. The van der Waals surface area contributed by atoms with E-state index in [1.165, 1.54) is 43.9 Å². The molecule has 4 rings (SSSR count). The lowest BCUT2D eigenvalue weighted by atomic mass is 9.94. The maximum absolute atomic E-state index is 13.7. The average Bonchev–Trinajstić information content (AvgIpc) is 3.13. The zero-order chi connectivity index (χ0) is 23.5. The van der Waals surface area contributed by atoms with Crippen LogP contribution in [0.2, 0.25) is 0 Å². The Labute approximate surface area is 196 Å². The van der Waals surface area contributed by atoms with Crippen LogP contribution in [0.25, 0.3) is 0 Å². The third-order valence-corrected chi connectivity index (χ3v) is 7.51. The number of amides is 2. The molecule has 1 aromatic carbocycles. The minimum Gasteiger partial charge on any atom is -0.352 e. The molecule has 5 nitrogen and oxygen atoms in total. The van der Waals surface area contributed by atoms with Gasteiger partial charge < -0.3 is 14.8 Å². The quantitative estimate of drug-likeness (QED) is 0.674. The molecule has 2 heterocycles. The first-order chi connectivity index (χ1) is 15.8. The Morgan fingerprint density at radius 3 is 2.36 bits per heavy atom. The molecule has 1 N–H and O–H groups in total. The Kier molecular flexibility index (Phi) is 7.20. The molecule has 0 radical (unpaired) electrons. The summed E-state index contributed by atoms with van der Waals surface area (Å²) in [6, 6.07) is 7.60. The van der Waals surface area contributed by atoms with Crippen molar-refractivity contribution in [2.75, 3.05) is 13.1 Å². The number of likely N-dealkylation sites (tertiary alicyclic amines) is 1. The van der Waals surface area contributed by atoms with Crippen molar-refractivity contribution in [2.45, 2.75) is 78.3 Å². The van der Waals surface area contributed by atoms with Crippen molar-refractivity contribution in [1.82, 2.24) is 14.8 Å². The maximum Gasteiger partial charge on any atom is 0.255 e. The monoisotopic (exact) mass is 453 g/mol. The summed E-state index contributed by atoms with van der Waals surface area (Å²) in [5.74, 6) is -0.298. The van der Waals surface area contributed by atoms with Crippen LogP contribution in [0.4, 0.5) is 4.39 Å². The number of piperidine rings is 1. The molecule has 1 saturated carbocycles. The van der Waals surface area contributed by atoms with E-state index in [0.29, 0.717) is 44.1 Å². The number of benzene rings is 1. The van der Waals surface area contributed by atoms with Gasteiger partial charge >= 0.3 is 0 Å². The number of halogens is 1. The highest BCUT2D eigenvalue weighted by Crippen LogP contribution is 2.33. The minimum absolute atomic E-state index is 0.0152. The van der Waals surface area contributed by atoms with Gasteiger partial charge in [-0.1, -0.05) is 31.4 Å². The van der Waals surface area contributed by atoms with Crippen LogP contribution in [-0.2, 0) is 11.3 Å². The van der Waals surface area contributed by atoms with E-state index in [1.807, 2.05) is 17.0 Å². The van der Waals surface area contributed by atoms with Gasteiger partial charge in [-0.25, -0.2) is 4.39 Å². The van der Waals surface area contributed by atoms with Crippen LogP contribution in [-0.4, -0.2) is 34.4 Å². The second-order valence-corrected chi connectivity index (χ2v) is 9.81. The van der Waals surface area contributed by atoms with Crippen LogP contribution < -0.4 is 5.32 Å². The van der Waals surface area contributed by atoms with Crippen molar-refractivity contribution in [3.05, 3.63) is 58.2 Å². The second kappa shape index (κ2) is 10.1. The third kappa shape index (κ3) is 5.15. The lowest BCUT2D eigenvalue weighted by Gasteiger charge is -2.31. The van der Waals surface area contributed by atoms with Crippen molar-refractivity contribution in [3.8, 4) is 0 Å². The fourth-order valence-electron chi connectivity index (χ4n) is 5.49. The molecule has 0 atom stereocenters. The number of nitrogens with zero attached hydrogens (tertiary/aromatic N) is 2. The summed E-state index contributed by atoms with van der Waals surface area (Å²) in [4.78, 5) is 27.8. The molecule has 178 valence electrons. The van der Waals surface area contributed by atoms with Crippen molar-refractivity contribution in [3.63, 3.8) is 0 Å². The number of nitrogens with one attached hydrogen (secondary N) is 1. The predicted octanol–water partition coefficient (Wildman–Crippen LogP) is 5.23. The first kappa shape index (κ1) is 23.5. The van der Waals surface area contributed by atoms with Gasteiger partial charge in [-0.2, -0.15) is 0 Å². The summed E-state index contributed by atoms with van der Waals surface area (Å²) in [5, 5.41) is 2.93. The molecule has 0 spiro atoms. The van der Waals surface area contributed by atoms with Gasteiger partial charge in [-0.05, 0) is 69.7 Å². The van der Waals surface area contributed by atoms with Crippen molar-refractivity contribution in [1.29, 1.82) is 0 Å². The van der Waals surface area contributed by atoms with E-state index in [1.54, 1.807) is 13.0 Å². The van der Waals surface area contributed by atoms with Crippen LogP contribution in [0.1, 0.15) is 83.9 Å². The lowest BCUT2D eigenvalue weighted by molar-refractivity contribution is -0.126. The van der Waals surface area contributed by atoms with E-state index < -0.39 is 0 Å². The highest BCUT2D eigenvalue weighted by molar-refractivity contribution is 5.96. The molecular weight excluding hydrogens is 417 g/mol. The fourth-order valence-corrected chi connectivity index (χ4v) is 5.49. The Bertz CT molecular complexity index is 1010. The van der Waals surface area contributed by atoms with E-state index in [0.717, 1.165) is 16.8 Å². The number of aromatic nitrogens is 1. The number of carbonyl (C=O) groups excluding carboxylic acids is 2. The number of carbonyl (C=O) groups is 2. The molecule has 2 aromatic rings. The van der Waals surface area contributed by atoms with Gasteiger partial charge in [0, 0.05) is 43.0 Å². The largest absolute Gasteiger partial charge is 0.352 e. The molecule has 1 aliphatic heterocycles. The van der Waals surface area contributed by atoms with Gasteiger partial charge in [-0.3, -0.25) is 9.59 Å². The van der Waals surface area contributed by atoms with Gasteiger partial charge in [0.25, 0.3) is 5.91 Å². The summed E-state index contributed by atoms with van der Waals surface area (Å²) >= 11 is 0. The summed E-state index contributed by atoms with van der Waals surface area (Å²) in [6.45, 7) is 7.40. The van der Waals surface area contributed by atoms with Crippen molar-refractivity contribution in [2.24, 2.45) is 5.92 Å². The highest BCUT2D eigenvalue weighted by Gasteiger charge is 2.30. The van der Waals surface area contributed by atoms with Crippen molar-refractivity contribution < 1.29 is 14.0 Å². The van der Waals surface area contributed by atoms with Crippen LogP contribution >= 0.6 is 0 Å². The molecule has 2 fully saturated rings. The first-order valence-electron chi connectivity index (χ1n) is 12.4. The minimum atomic E-state index is -0.253. The Morgan fingerprint density at radius 2 is 1.70 bits per heavy atom.